The fraction of sp³-hybridized carbons (Fsp3) is 0.562. The number of benzene rings is 1. The summed E-state index contributed by atoms with van der Waals surface area (Å²) in [6, 6.07) is 7.75. The first-order chi connectivity index (χ1) is 9.53. The molecule has 0 bridgehead atoms. The van der Waals surface area contributed by atoms with Crippen LogP contribution in [-0.2, 0) is 11.2 Å². The molecule has 112 valence electrons. The van der Waals surface area contributed by atoms with Crippen LogP contribution in [0.3, 0.4) is 0 Å². The van der Waals surface area contributed by atoms with Gasteiger partial charge in [-0.15, -0.1) is 0 Å². The summed E-state index contributed by atoms with van der Waals surface area (Å²) in [6.07, 6.45) is 2.25. The summed E-state index contributed by atoms with van der Waals surface area (Å²) in [7, 11) is 0. The van der Waals surface area contributed by atoms with E-state index in [1.165, 1.54) is 5.56 Å². The zero-order chi connectivity index (χ0) is 15.0. The van der Waals surface area contributed by atoms with E-state index >= 15 is 0 Å². The molecule has 0 aliphatic carbocycles. The number of hydrogen-bond donors (Lipinski definition) is 2. The minimum absolute atomic E-state index is 0.00577. The van der Waals surface area contributed by atoms with Gasteiger partial charge in [0.1, 0.15) is 5.75 Å². The second-order valence-electron chi connectivity index (χ2n) is 5.23. The minimum Gasteiger partial charge on any atom is -0.484 e. The zero-order valence-corrected chi connectivity index (χ0v) is 12.6. The van der Waals surface area contributed by atoms with Gasteiger partial charge in [0.2, 0.25) is 0 Å². The van der Waals surface area contributed by atoms with E-state index in [1.807, 2.05) is 38.1 Å². The molecule has 0 aliphatic rings. The third kappa shape index (κ3) is 5.21. The van der Waals surface area contributed by atoms with Crippen LogP contribution in [0.15, 0.2) is 24.3 Å². The topological polar surface area (TPSA) is 58.6 Å². The lowest BCUT2D eigenvalue weighted by atomic mass is 9.95. The Morgan fingerprint density at radius 2 is 2.15 bits per heavy atom. The van der Waals surface area contributed by atoms with Gasteiger partial charge in [0.05, 0.1) is 0 Å². The van der Waals surface area contributed by atoms with Crippen molar-refractivity contribution in [1.82, 2.24) is 5.32 Å². The van der Waals surface area contributed by atoms with Crippen LogP contribution in [-0.4, -0.2) is 29.8 Å². The Morgan fingerprint density at radius 3 is 2.75 bits per heavy atom. The van der Waals surface area contributed by atoms with E-state index in [0.717, 1.165) is 12.8 Å². The van der Waals surface area contributed by atoms with Gasteiger partial charge in [-0.05, 0) is 43.9 Å². The molecule has 0 aliphatic heterocycles. The van der Waals surface area contributed by atoms with Gasteiger partial charge in [-0.3, -0.25) is 4.79 Å². The van der Waals surface area contributed by atoms with Crippen molar-refractivity contribution < 1.29 is 14.6 Å². The van der Waals surface area contributed by atoms with Crippen LogP contribution in [0, 0.1) is 0 Å². The van der Waals surface area contributed by atoms with Gasteiger partial charge in [0.25, 0.3) is 5.91 Å². The lowest BCUT2D eigenvalue weighted by molar-refractivity contribution is -0.125. The van der Waals surface area contributed by atoms with E-state index in [2.05, 4.69) is 12.2 Å². The molecule has 1 atom stereocenters. The summed E-state index contributed by atoms with van der Waals surface area (Å²) < 4.78 is 5.50. The number of carbonyl (C=O) groups is 1. The first-order valence-corrected chi connectivity index (χ1v) is 7.16. The SMILES string of the molecule is CCc1cccc(OCC(=O)NC(C)(CC)CCO)c1. The van der Waals surface area contributed by atoms with Crippen molar-refractivity contribution in [3.8, 4) is 5.75 Å². The van der Waals surface area contributed by atoms with Crippen LogP contribution in [0.2, 0.25) is 0 Å². The Labute approximate surface area is 121 Å². The van der Waals surface area contributed by atoms with E-state index in [1.54, 1.807) is 0 Å². The van der Waals surface area contributed by atoms with Crippen molar-refractivity contribution in [2.24, 2.45) is 0 Å². The smallest absolute Gasteiger partial charge is 0.258 e. The Balaban J connectivity index is 2.50. The highest BCUT2D eigenvalue weighted by molar-refractivity contribution is 5.78. The van der Waals surface area contributed by atoms with Crippen molar-refractivity contribution in [2.75, 3.05) is 13.2 Å². The summed E-state index contributed by atoms with van der Waals surface area (Å²) in [6.45, 7) is 6.05. The number of aryl methyl sites for hydroxylation is 1. The maximum Gasteiger partial charge on any atom is 0.258 e. The van der Waals surface area contributed by atoms with Gasteiger partial charge >= 0.3 is 0 Å². The zero-order valence-electron chi connectivity index (χ0n) is 12.6. The number of nitrogens with one attached hydrogen (secondary N) is 1. The standard InChI is InChI=1S/C16H25NO3/c1-4-13-7-6-8-14(11-13)20-12-15(19)17-16(3,5-2)9-10-18/h6-8,11,18H,4-5,9-10,12H2,1-3H3,(H,17,19). The predicted octanol–water partition coefficient (Wildman–Crippen LogP) is 2.30. The summed E-state index contributed by atoms with van der Waals surface area (Å²) in [5.41, 5.74) is 0.807. The molecule has 4 nitrogen and oxygen atoms in total. The predicted molar refractivity (Wildman–Crippen MR) is 79.9 cm³/mol. The van der Waals surface area contributed by atoms with Gasteiger partial charge in [-0.2, -0.15) is 0 Å². The molecule has 0 saturated carbocycles. The normalized spacial score (nSPS) is 13.6. The van der Waals surface area contributed by atoms with Gasteiger partial charge in [-0.1, -0.05) is 26.0 Å². The molecule has 0 saturated heterocycles. The quantitative estimate of drug-likeness (QED) is 0.767. The number of aliphatic hydroxyl groups is 1. The average molecular weight is 279 g/mol. The molecule has 20 heavy (non-hydrogen) atoms. The third-order valence-electron chi connectivity index (χ3n) is 3.56. The van der Waals surface area contributed by atoms with E-state index in [-0.39, 0.29) is 24.7 Å². The van der Waals surface area contributed by atoms with E-state index in [9.17, 15) is 4.79 Å². The second kappa shape index (κ2) is 7.90. The average Bonchev–Trinajstić information content (AvgIpc) is 2.45. The van der Waals surface area contributed by atoms with Crippen LogP contribution in [0.4, 0.5) is 0 Å². The number of aliphatic hydroxyl groups excluding tert-OH is 1. The second-order valence-corrected chi connectivity index (χ2v) is 5.23. The Bertz CT molecular complexity index is 433. The monoisotopic (exact) mass is 279 g/mol. The lowest BCUT2D eigenvalue weighted by Crippen LogP contribution is -2.47. The largest absolute Gasteiger partial charge is 0.484 e. The molecule has 1 rings (SSSR count). The molecule has 0 radical (unpaired) electrons. The molecular formula is C16H25NO3. The molecule has 1 aromatic rings. The van der Waals surface area contributed by atoms with Crippen LogP contribution < -0.4 is 10.1 Å². The Kier molecular flexibility index (Phi) is 6.52. The van der Waals surface area contributed by atoms with Crippen LogP contribution in [0.25, 0.3) is 0 Å². The molecule has 0 heterocycles. The van der Waals surface area contributed by atoms with Crippen LogP contribution in [0.1, 0.15) is 39.2 Å². The highest BCUT2D eigenvalue weighted by atomic mass is 16.5. The molecule has 0 spiro atoms. The molecule has 0 fully saturated rings. The number of rotatable bonds is 8. The molecular weight excluding hydrogens is 254 g/mol. The van der Waals surface area contributed by atoms with Gasteiger partial charge in [0.15, 0.2) is 6.61 Å². The van der Waals surface area contributed by atoms with Crippen molar-refractivity contribution in [1.29, 1.82) is 0 Å². The highest BCUT2D eigenvalue weighted by Crippen LogP contribution is 2.15. The number of ether oxygens (including phenoxy) is 1. The number of amides is 1. The van der Waals surface area contributed by atoms with Crippen molar-refractivity contribution >= 4 is 5.91 Å². The van der Waals surface area contributed by atoms with Gasteiger partial charge in [-0.25, -0.2) is 0 Å². The number of carbonyl (C=O) groups excluding carboxylic acids is 1. The fourth-order valence-electron chi connectivity index (χ4n) is 1.95. The lowest BCUT2D eigenvalue weighted by Gasteiger charge is -2.28. The molecule has 1 unspecified atom stereocenters. The maximum atomic E-state index is 11.9. The summed E-state index contributed by atoms with van der Waals surface area (Å²) in [5.74, 6) is 0.546. The highest BCUT2D eigenvalue weighted by Gasteiger charge is 2.23. The van der Waals surface area contributed by atoms with Gasteiger partial charge in [0, 0.05) is 12.1 Å². The molecule has 1 aromatic carbocycles. The maximum absolute atomic E-state index is 11.9. The number of hydrogen-bond acceptors (Lipinski definition) is 3. The summed E-state index contributed by atoms with van der Waals surface area (Å²) in [4.78, 5) is 11.9. The molecule has 1 amide bonds. The van der Waals surface area contributed by atoms with E-state index in [4.69, 9.17) is 9.84 Å². The first-order valence-electron chi connectivity index (χ1n) is 7.16. The van der Waals surface area contributed by atoms with E-state index in [0.29, 0.717) is 12.2 Å². The molecule has 2 N–H and O–H groups in total. The fourth-order valence-corrected chi connectivity index (χ4v) is 1.95. The van der Waals surface area contributed by atoms with Crippen LogP contribution >= 0.6 is 0 Å². The van der Waals surface area contributed by atoms with Crippen molar-refractivity contribution in [3.05, 3.63) is 29.8 Å². The summed E-state index contributed by atoms with van der Waals surface area (Å²) >= 11 is 0. The van der Waals surface area contributed by atoms with Crippen molar-refractivity contribution in [2.45, 2.75) is 45.6 Å². The Hall–Kier alpha value is -1.55. The minimum atomic E-state index is -0.375. The first kappa shape index (κ1) is 16.5. The summed E-state index contributed by atoms with van der Waals surface area (Å²) in [5, 5.41) is 11.9. The Morgan fingerprint density at radius 1 is 1.40 bits per heavy atom. The van der Waals surface area contributed by atoms with Crippen molar-refractivity contribution in [3.63, 3.8) is 0 Å². The van der Waals surface area contributed by atoms with E-state index < -0.39 is 0 Å². The van der Waals surface area contributed by atoms with Crippen LogP contribution in [0.5, 0.6) is 5.75 Å². The third-order valence-corrected chi connectivity index (χ3v) is 3.56. The molecule has 4 heteroatoms. The molecule has 0 aromatic heterocycles. The van der Waals surface area contributed by atoms with Gasteiger partial charge < -0.3 is 15.2 Å².